The van der Waals surface area contributed by atoms with Gasteiger partial charge in [-0.05, 0) is 37.2 Å². The van der Waals surface area contributed by atoms with Crippen LogP contribution in [-0.2, 0) is 9.47 Å². The molecule has 1 saturated heterocycles. The van der Waals surface area contributed by atoms with E-state index in [0.29, 0.717) is 24.8 Å². The number of hydrogen-bond acceptors (Lipinski definition) is 3. The van der Waals surface area contributed by atoms with Crippen LogP contribution in [0.5, 0.6) is 0 Å². The van der Waals surface area contributed by atoms with Crippen LogP contribution in [-0.4, -0.2) is 32.0 Å². The van der Waals surface area contributed by atoms with Crippen LogP contribution in [0.25, 0.3) is 0 Å². The van der Waals surface area contributed by atoms with E-state index in [1.54, 1.807) is 0 Å². The molecule has 1 atom stereocenters. The molecule has 0 aromatic heterocycles. The van der Waals surface area contributed by atoms with Crippen LogP contribution in [0.1, 0.15) is 38.3 Å². The highest BCUT2D eigenvalue weighted by atomic mass is 35.5. The van der Waals surface area contributed by atoms with Crippen molar-refractivity contribution >= 4 is 23.2 Å². The molecule has 1 aromatic carbocycles. The first-order chi connectivity index (χ1) is 10.1. The molecule has 0 saturated carbocycles. The summed E-state index contributed by atoms with van der Waals surface area (Å²) < 4.78 is 11.7. The van der Waals surface area contributed by atoms with Crippen LogP contribution in [0.2, 0.25) is 10.0 Å². The van der Waals surface area contributed by atoms with Gasteiger partial charge in [-0.1, -0.05) is 30.1 Å². The summed E-state index contributed by atoms with van der Waals surface area (Å²) in [5.74, 6) is 0. The van der Waals surface area contributed by atoms with Gasteiger partial charge in [0.2, 0.25) is 0 Å². The van der Waals surface area contributed by atoms with Gasteiger partial charge in [-0.2, -0.15) is 0 Å². The first-order valence-corrected chi connectivity index (χ1v) is 8.28. The molecule has 21 heavy (non-hydrogen) atoms. The van der Waals surface area contributed by atoms with E-state index in [4.69, 9.17) is 32.7 Å². The SMILES string of the molecule is CCNC(c1cc(Cl)ccc1Cl)C1(OCC)CCOCC1. The fraction of sp³-hybridized carbons (Fsp3) is 0.625. The maximum Gasteiger partial charge on any atom is 0.0920 e. The molecule has 1 aromatic rings. The van der Waals surface area contributed by atoms with Gasteiger partial charge < -0.3 is 14.8 Å². The number of hydrogen-bond donors (Lipinski definition) is 1. The summed E-state index contributed by atoms with van der Waals surface area (Å²) in [4.78, 5) is 0. The lowest BCUT2D eigenvalue weighted by atomic mass is 9.82. The molecule has 1 heterocycles. The summed E-state index contributed by atoms with van der Waals surface area (Å²) in [6, 6.07) is 5.61. The zero-order valence-corrected chi connectivity index (χ0v) is 14.1. The molecule has 5 heteroatoms. The van der Waals surface area contributed by atoms with Gasteiger partial charge in [0.1, 0.15) is 0 Å². The lowest BCUT2D eigenvalue weighted by Gasteiger charge is -2.44. The summed E-state index contributed by atoms with van der Waals surface area (Å²) in [6.45, 7) is 7.04. The van der Waals surface area contributed by atoms with Crippen LogP contribution >= 0.6 is 23.2 Å². The smallest absolute Gasteiger partial charge is 0.0920 e. The van der Waals surface area contributed by atoms with Crippen molar-refractivity contribution in [3.8, 4) is 0 Å². The van der Waals surface area contributed by atoms with E-state index in [1.807, 2.05) is 25.1 Å². The maximum absolute atomic E-state index is 6.42. The maximum atomic E-state index is 6.42. The third kappa shape index (κ3) is 3.91. The molecule has 1 aliphatic heterocycles. The van der Waals surface area contributed by atoms with Gasteiger partial charge in [0.15, 0.2) is 0 Å². The number of ether oxygens (including phenoxy) is 2. The molecular weight excluding hydrogens is 309 g/mol. The van der Waals surface area contributed by atoms with Crippen LogP contribution in [0.3, 0.4) is 0 Å². The Morgan fingerprint density at radius 2 is 2.00 bits per heavy atom. The van der Waals surface area contributed by atoms with Gasteiger partial charge in [-0.25, -0.2) is 0 Å². The normalized spacial score (nSPS) is 19.4. The zero-order chi connectivity index (χ0) is 15.3. The van der Waals surface area contributed by atoms with E-state index in [9.17, 15) is 0 Å². The topological polar surface area (TPSA) is 30.5 Å². The molecule has 0 aliphatic carbocycles. The average Bonchev–Trinajstić information content (AvgIpc) is 2.49. The number of nitrogens with one attached hydrogen (secondary N) is 1. The minimum absolute atomic E-state index is 0.0116. The first-order valence-electron chi connectivity index (χ1n) is 7.53. The Labute approximate surface area is 136 Å². The van der Waals surface area contributed by atoms with Crippen molar-refractivity contribution in [1.82, 2.24) is 5.32 Å². The van der Waals surface area contributed by atoms with E-state index in [-0.39, 0.29) is 11.6 Å². The fourth-order valence-corrected chi connectivity index (χ4v) is 3.45. The Hall–Kier alpha value is -0.320. The summed E-state index contributed by atoms with van der Waals surface area (Å²) in [5.41, 5.74) is 0.707. The largest absolute Gasteiger partial charge is 0.381 e. The second-order valence-corrected chi connectivity index (χ2v) is 6.11. The molecule has 0 bridgehead atoms. The van der Waals surface area contributed by atoms with Crippen LogP contribution in [0.4, 0.5) is 0 Å². The van der Waals surface area contributed by atoms with Crippen molar-refractivity contribution in [3.05, 3.63) is 33.8 Å². The molecule has 1 N–H and O–H groups in total. The molecule has 1 unspecified atom stereocenters. The third-order valence-corrected chi connectivity index (χ3v) is 4.55. The highest BCUT2D eigenvalue weighted by molar-refractivity contribution is 6.33. The van der Waals surface area contributed by atoms with Gasteiger partial charge in [0.05, 0.1) is 11.6 Å². The Morgan fingerprint density at radius 1 is 1.29 bits per heavy atom. The predicted octanol–water partition coefficient (Wildman–Crippen LogP) is 4.23. The minimum atomic E-state index is -0.294. The van der Waals surface area contributed by atoms with Crippen LogP contribution in [0, 0.1) is 0 Å². The van der Waals surface area contributed by atoms with Crippen molar-refractivity contribution in [1.29, 1.82) is 0 Å². The molecule has 0 spiro atoms. The Bertz CT molecular complexity index is 456. The molecule has 118 valence electrons. The fourth-order valence-electron chi connectivity index (χ4n) is 3.04. The van der Waals surface area contributed by atoms with Gasteiger partial charge in [-0.15, -0.1) is 0 Å². The first kappa shape index (κ1) is 17.0. The van der Waals surface area contributed by atoms with Gasteiger partial charge >= 0.3 is 0 Å². The lowest BCUT2D eigenvalue weighted by molar-refractivity contribution is -0.127. The monoisotopic (exact) mass is 331 g/mol. The number of halogens is 2. The standard InChI is InChI=1S/C16H23Cl2NO2/c1-3-19-15(13-11-12(17)5-6-14(13)18)16(21-4-2)7-9-20-10-8-16/h5-6,11,15,19H,3-4,7-10H2,1-2H3. The highest BCUT2D eigenvalue weighted by Crippen LogP contribution is 2.41. The molecular formula is C16H23Cl2NO2. The summed E-state index contributed by atoms with van der Waals surface area (Å²) in [6.07, 6.45) is 1.70. The number of likely N-dealkylation sites (N-methyl/N-ethyl adjacent to an activating group) is 1. The van der Waals surface area contributed by atoms with E-state index in [2.05, 4.69) is 12.2 Å². The molecule has 2 rings (SSSR count). The Balaban J connectivity index is 2.41. The molecule has 0 amide bonds. The van der Waals surface area contributed by atoms with Gasteiger partial charge in [0, 0.05) is 42.7 Å². The molecule has 3 nitrogen and oxygen atoms in total. The number of rotatable bonds is 6. The van der Waals surface area contributed by atoms with Crippen molar-refractivity contribution in [2.24, 2.45) is 0 Å². The molecule has 0 radical (unpaired) electrons. The van der Waals surface area contributed by atoms with Crippen LogP contribution < -0.4 is 5.32 Å². The Morgan fingerprint density at radius 3 is 2.62 bits per heavy atom. The Kier molecular flexibility index (Phi) is 6.33. The van der Waals surface area contributed by atoms with E-state index in [0.717, 1.165) is 30.0 Å². The third-order valence-electron chi connectivity index (χ3n) is 3.97. The van der Waals surface area contributed by atoms with Gasteiger partial charge in [0.25, 0.3) is 0 Å². The van der Waals surface area contributed by atoms with Crippen molar-refractivity contribution < 1.29 is 9.47 Å². The summed E-state index contributed by atoms with van der Waals surface area (Å²) in [5, 5.41) is 4.95. The molecule has 1 fully saturated rings. The minimum Gasteiger partial charge on any atom is -0.381 e. The average molecular weight is 332 g/mol. The van der Waals surface area contributed by atoms with Gasteiger partial charge in [-0.3, -0.25) is 0 Å². The van der Waals surface area contributed by atoms with E-state index < -0.39 is 0 Å². The van der Waals surface area contributed by atoms with Crippen molar-refractivity contribution in [3.63, 3.8) is 0 Å². The zero-order valence-electron chi connectivity index (χ0n) is 12.6. The predicted molar refractivity (Wildman–Crippen MR) is 87.3 cm³/mol. The highest BCUT2D eigenvalue weighted by Gasteiger charge is 2.42. The van der Waals surface area contributed by atoms with Crippen molar-refractivity contribution in [2.75, 3.05) is 26.4 Å². The van der Waals surface area contributed by atoms with E-state index >= 15 is 0 Å². The quantitative estimate of drug-likeness (QED) is 0.846. The van der Waals surface area contributed by atoms with Crippen LogP contribution in [0.15, 0.2) is 18.2 Å². The molecule has 1 aliphatic rings. The summed E-state index contributed by atoms with van der Waals surface area (Å²) >= 11 is 12.6. The van der Waals surface area contributed by atoms with Crippen molar-refractivity contribution in [2.45, 2.75) is 38.3 Å². The number of benzene rings is 1. The second-order valence-electron chi connectivity index (χ2n) is 5.27. The second kappa shape index (κ2) is 7.80. The lowest BCUT2D eigenvalue weighted by Crippen LogP contribution is -2.50. The van der Waals surface area contributed by atoms with E-state index in [1.165, 1.54) is 0 Å². The summed E-state index contributed by atoms with van der Waals surface area (Å²) in [7, 11) is 0.